The van der Waals surface area contributed by atoms with Gasteiger partial charge in [-0.25, -0.2) is 4.98 Å². The van der Waals surface area contributed by atoms with Gasteiger partial charge in [-0.2, -0.15) is 0 Å². The quantitative estimate of drug-likeness (QED) is 0.813. The normalized spacial score (nSPS) is 10.5. The van der Waals surface area contributed by atoms with Crippen LogP contribution in [0.3, 0.4) is 0 Å². The Hall–Kier alpha value is -1.62. The first-order valence-corrected chi connectivity index (χ1v) is 6.94. The molecule has 0 radical (unpaired) electrons. The topological polar surface area (TPSA) is 46.9 Å². The molecule has 0 aliphatic rings. The van der Waals surface area contributed by atoms with E-state index in [1.54, 1.807) is 23.9 Å². The van der Waals surface area contributed by atoms with Gasteiger partial charge in [0, 0.05) is 30.4 Å². The molecule has 0 aromatic carbocycles. The first kappa shape index (κ1) is 12.8. The Bertz CT molecular complexity index is 490. The zero-order valence-electron chi connectivity index (χ0n) is 10.4. The Morgan fingerprint density at radius 1 is 1.50 bits per heavy atom. The van der Waals surface area contributed by atoms with E-state index < -0.39 is 0 Å². The Morgan fingerprint density at radius 2 is 2.39 bits per heavy atom. The number of aryl methyl sites for hydroxylation is 2. The maximum Gasteiger partial charge on any atom is 0.261 e. The fourth-order valence-corrected chi connectivity index (χ4v) is 2.52. The highest BCUT2D eigenvalue weighted by atomic mass is 32.1. The van der Waals surface area contributed by atoms with Crippen molar-refractivity contribution in [2.75, 3.05) is 6.54 Å². The van der Waals surface area contributed by atoms with Gasteiger partial charge < -0.3 is 9.88 Å². The molecule has 96 valence electrons. The van der Waals surface area contributed by atoms with Crippen molar-refractivity contribution in [3.05, 3.63) is 40.6 Å². The highest BCUT2D eigenvalue weighted by Crippen LogP contribution is 2.16. The molecule has 0 spiro atoms. The van der Waals surface area contributed by atoms with Crippen LogP contribution in [-0.4, -0.2) is 22.0 Å². The van der Waals surface area contributed by atoms with E-state index in [1.165, 1.54) is 4.88 Å². The van der Waals surface area contributed by atoms with E-state index in [0.717, 1.165) is 24.3 Å². The molecule has 0 fully saturated rings. The minimum atomic E-state index is 0.0327. The predicted octanol–water partition coefficient (Wildman–Crippen LogP) is 2.33. The molecule has 0 bridgehead atoms. The summed E-state index contributed by atoms with van der Waals surface area (Å²) < 4.78 is 2.01. The second-order valence-corrected chi connectivity index (χ2v) is 5.20. The van der Waals surface area contributed by atoms with Crippen LogP contribution in [-0.2, 0) is 13.0 Å². The zero-order chi connectivity index (χ0) is 12.8. The van der Waals surface area contributed by atoms with Gasteiger partial charge in [-0.1, -0.05) is 6.92 Å². The molecule has 4 nitrogen and oxygen atoms in total. The van der Waals surface area contributed by atoms with Crippen molar-refractivity contribution >= 4 is 17.2 Å². The van der Waals surface area contributed by atoms with E-state index in [2.05, 4.69) is 17.2 Å². The van der Waals surface area contributed by atoms with Gasteiger partial charge in [0.05, 0.1) is 11.2 Å². The minimum Gasteiger partial charge on any atom is -0.351 e. The molecule has 2 heterocycles. The summed E-state index contributed by atoms with van der Waals surface area (Å²) >= 11 is 1.57. The van der Waals surface area contributed by atoms with Crippen LogP contribution >= 0.6 is 11.3 Å². The summed E-state index contributed by atoms with van der Waals surface area (Å²) in [6.45, 7) is 3.67. The second-order valence-electron chi connectivity index (χ2n) is 4.03. The molecule has 0 aliphatic carbocycles. The monoisotopic (exact) mass is 263 g/mol. The third kappa shape index (κ3) is 3.43. The molecule has 2 aromatic rings. The first-order valence-electron chi connectivity index (χ1n) is 6.12. The molecular weight excluding hydrogens is 246 g/mol. The van der Waals surface area contributed by atoms with Crippen LogP contribution in [0.1, 0.15) is 27.9 Å². The lowest BCUT2D eigenvalue weighted by atomic mass is 10.3. The van der Waals surface area contributed by atoms with Gasteiger partial charge >= 0.3 is 0 Å². The lowest BCUT2D eigenvalue weighted by Gasteiger charge is -2.04. The van der Waals surface area contributed by atoms with Crippen molar-refractivity contribution in [2.45, 2.75) is 26.3 Å². The van der Waals surface area contributed by atoms with E-state index in [1.807, 2.05) is 22.9 Å². The van der Waals surface area contributed by atoms with Gasteiger partial charge in [0.1, 0.15) is 0 Å². The van der Waals surface area contributed by atoms with Crippen LogP contribution in [0, 0.1) is 0 Å². The molecule has 2 aromatic heterocycles. The number of nitrogens with zero attached hydrogens (tertiary/aromatic N) is 2. The zero-order valence-corrected chi connectivity index (χ0v) is 11.2. The number of carbonyl (C=O) groups excluding carboxylic acids is 1. The number of rotatable bonds is 6. The molecule has 0 saturated carbocycles. The molecule has 18 heavy (non-hydrogen) atoms. The second kappa shape index (κ2) is 6.35. The summed E-state index contributed by atoms with van der Waals surface area (Å²) in [6, 6.07) is 3.92. The number of carbonyl (C=O) groups is 1. The summed E-state index contributed by atoms with van der Waals surface area (Å²) in [5.41, 5.74) is 0. The number of imidazole rings is 1. The largest absolute Gasteiger partial charge is 0.351 e. The fraction of sp³-hybridized carbons (Fsp3) is 0.385. The van der Waals surface area contributed by atoms with E-state index >= 15 is 0 Å². The summed E-state index contributed by atoms with van der Waals surface area (Å²) in [6.07, 6.45) is 7.37. The number of hydrogen-bond donors (Lipinski definition) is 1. The van der Waals surface area contributed by atoms with Crippen LogP contribution in [0.4, 0.5) is 0 Å². The number of hydrogen-bond acceptors (Lipinski definition) is 3. The lowest BCUT2D eigenvalue weighted by molar-refractivity contribution is 0.0957. The Balaban J connectivity index is 1.71. The minimum absolute atomic E-state index is 0.0327. The Kier molecular flexibility index (Phi) is 4.52. The molecule has 0 unspecified atom stereocenters. The smallest absolute Gasteiger partial charge is 0.261 e. The molecule has 0 aliphatic heterocycles. The average molecular weight is 263 g/mol. The highest BCUT2D eigenvalue weighted by molar-refractivity contribution is 7.14. The van der Waals surface area contributed by atoms with Gasteiger partial charge in [0.2, 0.25) is 0 Å². The van der Waals surface area contributed by atoms with E-state index in [9.17, 15) is 4.79 Å². The van der Waals surface area contributed by atoms with E-state index in [4.69, 9.17) is 0 Å². The van der Waals surface area contributed by atoms with Gasteiger partial charge in [-0.3, -0.25) is 4.79 Å². The van der Waals surface area contributed by atoms with E-state index in [0.29, 0.717) is 6.54 Å². The maximum absolute atomic E-state index is 11.8. The van der Waals surface area contributed by atoms with Gasteiger partial charge in [-0.05, 0) is 25.0 Å². The molecule has 2 rings (SSSR count). The number of nitrogens with one attached hydrogen (secondary N) is 1. The van der Waals surface area contributed by atoms with Crippen LogP contribution in [0.25, 0.3) is 0 Å². The van der Waals surface area contributed by atoms with Crippen molar-refractivity contribution in [2.24, 2.45) is 0 Å². The van der Waals surface area contributed by atoms with Crippen LogP contribution in [0.2, 0.25) is 0 Å². The molecular formula is C13H17N3OS. The highest BCUT2D eigenvalue weighted by Gasteiger charge is 2.07. The van der Waals surface area contributed by atoms with Crippen molar-refractivity contribution < 1.29 is 4.79 Å². The lowest BCUT2D eigenvalue weighted by Crippen LogP contribution is -2.24. The summed E-state index contributed by atoms with van der Waals surface area (Å²) in [4.78, 5) is 17.8. The third-order valence-electron chi connectivity index (χ3n) is 2.67. The number of thiophene rings is 1. The summed E-state index contributed by atoms with van der Waals surface area (Å²) in [7, 11) is 0. The van der Waals surface area contributed by atoms with Crippen molar-refractivity contribution in [1.82, 2.24) is 14.9 Å². The third-order valence-corrected chi connectivity index (χ3v) is 3.90. The van der Waals surface area contributed by atoms with Crippen LogP contribution in [0.15, 0.2) is 30.9 Å². The SMILES string of the molecule is CCc1ccc(C(=O)NCCCn2ccnc2)s1. The Labute approximate surface area is 111 Å². The molecule has 0 atom stereocenters. The van der Waals surface area contributed by atoms with Gasteiger partial charge in [-0.15, -0.1) is 11.3 Å². The summed E-state index contributed by atoms with van der Waals surface area (Å²) in [5, 5.41) is 2.94. The molecule has 5 heteroatoms. The number of amides is 1. The Morgan fingerprint density at radius 3 is 3.06 bits per heavy atom. The molecule has 1 amide bonds. The first-order chi connectivity index (χ1) is 8.79. The molecule has 0 saturated heterocycles. The van der Waals surface area contributed by atoms with Gasteiger partial charge in [0.15, 0.2) is 0 Å². The average Bonchev–Trinajstić information content (AvgIpc) is 3.05. The van der Waals surface area contributed by atoms with Crippen LogP contribution < -0.4 is 5.32 Å². The van der Waals surface area contributed by atoms with Gasteiger partial charge in [0.25, 0.3) is 5.91 Å². The van der Waals surface area contributed by atoms with E-state index in [-0.39, 0.29) is 5.91 Å². The van der Waals surface area contributed by atoms with Crippen molar-refractivity contribution in [1.29, 1.82) is 0 Å². The fourth-order valence-electron chi connectivity index (χ4n) is 1.66. The maximum atomic E-state index is 11.8. The standard InChI is InChI=1S/C13H17N3OS/c1-2-11-4-5-12(18-11)13(17)15-6-3-8-16-9-7-14-10-16/h4-5,7,9-10H,2-3,6,8H2,1H3,(H,15,17). The molecule has 1 N–H and O–H groups in total. The van der Waals surface area contributed by atoms with Crippen LogP contribution in [0.5, 0.6) is 0 Å². The van der Waals surface area contributed by atoms with Crippen molar-refractivity contribution in [3.8, 4) is 0 Å². The predicted molar refractivity (Wildman–Crippen MR) is 72.9 cm³/mol. The summed E-state index contributed by atoms with van der Waals surface area (Å²) in [5.74, 6) is 0.0327. The number of aromatic nitrogens is 2. The van der Waals surface area contributed by atoms with Crippen molar-refractivity contribution in [3.63, 3.8) is 0 Å².